The number of hydrogen-bond acceptors (Lipinski definition) is 2. The van der Waals surface area contributed by atoms with E-state index in [-0.39, 0.29) is 24.0 Å². The molecule has 2 rings (SSSR count). The number of hydrogen-bond donors (Lipinski definition) is 2. The first-order chi connectivity index (χ1) is 9.84. The lowest BCUT2D eigenvalue weighted by Crippen LogP contribution is -2.40. The van der Waals surface area contributed by atoms with Gasteiger partial charge in [-0.15, -0.1) is 24.0 Å². The van der Waals surface area contributed by atoms with Crippen LogP contribution in [0, 0.1) is 0 Å². The largest absolute Gasteiger partial charge is 0.370 e. The van der Waals surface area contributed by atoms with Gasteiger partial charge in [0.2, 0.25) is 0 Å². The summed E-state index contributed by atoms with van der Waals surface area (Å²) in [6, 6.07) is 0.555. The van der Waals surface area contributed by atoms with Gasteiger partial charge in [0.15, 0.2) is 5.96 Å². The van der Waals surface area contributed by atoms with E-state index in [1.54, 1.807) is 0 Å². The van der Waals surface area contributed by atoms with Crippen molar-refractivity contribution in [3.63, 3.8) is 0 Å². The van der Waals surface area contributed by atoms with Crippen LogP contribution in [0.15, 0.2) is 4.99 Å². The van der Waals surface area contributed by atoms with Gasteiger partial charge in [-0.1, -0.05) is 38.5 Å². The second kappa shape index (κ2) is 11.5. The topological polar surface area (TPSA) is 53.6 Å². The van der Waals surface area contributed by atoms with E-state index in [1.165, 1.54) is 77.3 Å². The van der Waals surface area contributed by atoms with E-state index in [0.717, 1.165) is 13.1 Å². The summed E-state index contributed by atoms with van der Waals surface area (Å²) in [5.41, 5.74) is 6.02. The fourth-order valence-electron chi connectivity index (χ4n) is 3.35. The molecule has 0 aromatic heterocycles. The number of aliphatic imine (C=N–C) groups is 1. The molecule has 0 unspecified atom stereocenters. The molecule has 0 spiro atoms. The Balaban J connectivity index is 0.00000220. The number of nitrogens with one attached hydrogen (secondary N) is 1. The molecule has 1 heterocycles. The van der Waals surface area contributed by atoms with E-state index in [2.05, 4.69) is 15.2 Å². The third-order valence-corrected chi connectivity index (χ3v) is 4.60. The first-order valence-electron chi connectivity index (χ1n) is 8.63. The SMILES string of the molecule is I.NC(=NCCN1CCCCCC1)NC1CCCCCC1. The molecule has 2 aliphatic rings. The van der Waals surface area contributed by atoms with Crippen LogP contribution >= 0.6 is 24.0 Å². The van der Waals surface area contributed by atoms with Crippen molar-refractivity contribution in [2.45, 2.75) is 70.3 Å². The lowest BCUT2D eigenvalue weighted by molar-refractivity contribution is 0.293. The molecule has 5 heteroatoms. The third-order valence-electron chi connectivity index (χ3n) is 4.60. The zero-order chi connectivity index (χ0) is 14.0. The summed E-state index contributed by atoms with van der Waals surface area (Å²) in [5, 5.41) is 3.42. The summed E-state index contributed by atoms with van der Waals surface area (Å²) < 4.78 is 0. The average Bonchev–Trinajstić information content (AvgIpc) is 2.83. The number of nitrogens with two attached hydrogens (primary N) is 1. The van der Waals surface area contributed by atoms with Crippen molar-refractivity contribution in [3.05, 3.63) is 0 Å². The molecule has 21 heavy (non-hydrogen) atoms. The van der Waals surface area contributed by atoms with E-state index in [9.17, 15) is 0 Å². The van der Waals surface area contributed by atoms with Crippen LogP contribution in [0.2, 0.25) is 0 Å². The van der Waals surface area contributed by atoms with Crippen molar-refractivity contribution in [1.29, 1.82) is 0 Å². The summed E-state index contributed by atoms with van der Waals surface area (Å²) >= 11 is 0. The molecule has 2 fully saturated rings. The van der Waals surface area contributed by atoms with E-state index in [4.69, 9.17) is 5.73 Å². The predicted molar refractivity (Wildman–Crippen MR) is 101 cm³/mol. The third kappa shape index (κ3) is 8.24. The van der Waals surface area contributed by atoms with Crippen LogP contribution < -0.4 is 11.1 Å². The van der Waals surface area contributed by atoms with E-state index >= 15 is 0 Å². The van der Waals surface area contributed by atoms with Crippen molar-refractivity contribution in [2.24, 2.45) is 10.7 Å². The summed E-state index contributed by atoms with van der Waals surface area (Å²) in [5.74, 6) is 0.659. The maximum absolute atomic E-state index is 6.02. The quantitative estimate of drug-likeness (QED) is 0.325. The van der Waals surface area contributed by atoms with Gasteiger partial charge in [-0.2, -0.15) is 0 Å². The highest BCUT2D eigenvalue weighted by Crippen LogP contribution is 2.16. The Morgan fingerprint density at radius 3 is 2.14 bits per heavy atom. The maximum atomic E-state index is 6.02. The number of likely N-dealkylation sites (tertiary alicyclic amines) is 1. The van der Waals surface area contributed by atoms with Gasteiger partial charge < -0.3 is 16.0 Å². The molecule has 4 nitrogen and oxygen atoms in total. The van der Waals surface area contributed by atoms with E-state index in [0.29, 0.717) is 12.0 Å². The van der Waals surface area contributed by atoms with Gasteiger partial charge in [0.05, 0.1) is 6.54 Å². The summed E-state index contributed by atoms with van der Waals surface area (Å²) in [6.45, 7) is 4.38. The zero-order valence-electron chi connectivity index (χ0n) is 13.4. The number of nitrogens with zero attached hydrogens (tertiary/aromatic N) is 2. The molecule has 1 saturated heterocycles. The van der Waals surface area contributed by atoms with Crippen LogP contribution in [0.4, 0.5) is 0 Å². The highest BCUT2D eigenvalue weighted by Gasteiger charge is 2.12. The van der Waals surface area contributed by atoms with Crippen molar-refractivity contribution in [2.75, 3.05) is 26.2 Å². The lowest BCUT2D eigenvalue weighted by Gasteiger charge is -2.19. The fourth-order valence-corrected chi connectivity index (χ4v) is 3.35. The van der Waals surface area contributed by atoms with Gasteiger partial charge in [0, 0.05) is 12.6 Å². The number of rotatable bonds is 4. The van der Waals surface area contributed by atoms with Gasteiger partial charge in [-0.25, -0.2) is 0 Å². The van der Waals surface area contributed by atoms with Gasteiger partial charge in [0.1, 0.15) is 0 Å². The maximum Gasteiger partial charge on any atom is 0.188 e. The normalized spacial score (nSPS) is 23.0. The minimum Gasteiger partial charge on any atom is -0.370 e. The molecule has 0 aromatic rings. The Kier molecular flexibility index (Phi) is 10.4. The second-order valence-electron chi connectivity index (χ2n) is 6.36. The Morgan fingerprint density at radius 2 is 1.52 bits per heavy atom. The molecule has 3 N–H and O–H groups in total. The van der Waals surface area contributed by atoms with Crippen LogP contribution in [-0.4, -0.2) is 43.1 Å². The van der Waals surface area contributed by atoms with Crippen molar-refractivity contribution in [1.82, 2.24) is 10.2 Å². The molecule has 1 aliphatic carbocycles. The van der Waals surface area contributed by atoms with E-state index in [1.807, 2.05) is 0 Å². The molecular weight excluding hydrogens is 375 g/mol. The summed E-state index contributed by atoms with van der Waals surface area (Å²) in [6.07, 6.45) is 13.4. The Bertz CT molecular complexity index is 280. The van der Waals surface area contributed by atoms with Gasteiger partial charge in [-0.3, -0.25) is 4.99 Å². The lowest BCUT2D eigenvalue weighted by atomic mass is 10.1. The molecule has 124 valence electrons. The van der Waals surface area contributed by atoms with Gasteiger partial charge in [-0.05, 0) is 38.8 Å². The molecule has 0 bridgehead atoms. The molecule has 1 aliphatic heterocycles. The fraction of sp³-hybridized carbons (Fsp3) is 0.938. The predicted octanol–water partition coefficient (Wildman–Crippen LogP) is 3.11. The molecule has 1 saturated carbocycles. The molecule has 0 radical (unpaired) electrons. The highest BCUT2D eigenvalue weighted by molar-refractivity contribution is 14.0. The van der Waals surface area contributed by atoms with Crippen LogP contribution in [0.3, 0.4) is 0 Å². The minimum atomic E-state index is 0. The number of halogens is 1. The van der Waals surface area contributed by atoms with E-state index < -0.39 is 0 Å². The van der Waals surface area contributed by atoms with Gasteiger partial charge >= 0.3 is 0 Å². The highest BCUT2D eigenvalue weighted by atomic mass is 127. The van der Waals surface area contributed by atoms with Crippen LogP contribution in [0.25, 0.3) is 0 Å². The summed E-state index contributed by atoms with van der Waals surface area (Å²) in [7, 11) is 0. The standard InChI is InChI=1S/C16H32N4.HI/c17-16(19-15-9-5-1-2-6-10-15)18-11-14-20-12-7-3-4-8-13-20;/h15H,1-14H2,(H3,17,18,19);1H. The average molecular weight is 408 g/mol. The monoisotopic (exact) mass is 408 g/mol. The molecule has 0 atom stereocenters. The second-order valence-corrected chi connectivity index (χ2v) is 6.36. The van der Waals surface area contributed by atoms with Crippen molar-refractivity contribution in [3.8, 4) is 0 Å². The Morgan fingerprint density at radius 1 is 0.952 bits per heavy atom. The first kappa shape index (κ1) is 19.0. The Hall–Kier alpha value is -0.0400. The van der Waals surface area contributed by atoms with Crippen LogP contribution in [0.5, 0.6) is 0 Å². The van der Waals surface area contributed by atoms with Crippen molar-refractivity contribution < 1.29 is 0 Å². The smallest absolute Gasteiger partial charge is 0.188 e. The minimum absolute atomic E-state index is 0. The molecular formula is C16H33IN4. The van der Waals surface area contributed by atoms with Crippen LogP contribution in [0.1, 0.15) is 64.2 Å². The molecule has 0 amide bonds. The van der Waals surface area contributed by atoms with Gasteiger partial charge in [0.25, 0.3) is 0 Å². The Labute approximate surface area is 147 Å². The van der Waals surface area contributed by atoms with Crippen molar-refractivity contribution >= 4 is 29.9 Å². The number of guanidine groups is 1. The summed E-state index contributed by atoms with van der Waals surface area (Å²) in [4.78, 5) is 7.05. The zero-order valence-corrected chi connectivity index (χ0v) is 15.7. The van der Waals surface area contributed by atoms with Crippen LogP contribution in [-0.2, 0) is 0 Å². The molecule has 0 aromatic carbocycles. The first-order valence-corrected chi connectivity index (χ1v) is 8.63.